The second-order valence-corrected chi connectivity index (χ2v) is 10.7. The monoisotopic (exact) mass is 570 g/mol. The largest absolute Gasteiger partial charge is 0.497 e. The van der Waals surface area contributed by atoms with Crippen LogP contribution in [0, 0.1) is 0 Å². The lowest BCUT2D eigenvalue weighted by atomic mass is 10.0. The highest BCUT2D eigenvalue weighted by Crippen LogP contribution is 2.32. The number of pyridine rings is 4. The van der Waals surface area contributed by atoms with Gasteiger partial charge < -0.3 is 9.47 Å². The van der Waals surface area contributed by atoms with Gasteiger partial charge in [0.05, 0.1) is 47.7 Å². The zero-order valence-electron chi connectivity index (χ0n) is 24.2. The van der Waals surface area contributed by atoms with Crippen LogP contribution in [0.15, 0.2) is 122 Å². The molecule has 4 aromatic heterocycles. The van der Waals surface area contributed by atoms with E-state index in [0.717, 1.165) is 88.8 Å². The summed E-state index contributed by atoms with van der Waals surface area (Å²) < 4.78 is 10.6. The molecule has 0 fully saturated rings. The Morgan fingerprint density at radius 1 is 0.386 bits per heavy atom. The fourth-order valence-electron chi connectivity index (χ4n) is 5.72. The number of hydrogen-bond acceptors (Lipinski definition) is 6. The van der Waals surface area contributed by atoms with Gasteiger partial charge in [0.15, 0.2) is 0 Å². The number of ether oxygens (including phenoxy) is 2. The molecule has 4 heterocycles. The fourth-order valence-corrected chi connectivity index (χ4v) is 5.72. The van der Waals surface area contributed by atoms with Gasteiger partial charge in [-0.25, -0.2) is 9.97 Å². The molecular formula is C38H26N4O2. The van der Waals surface area contributed by atoms with Crippen LogP contribution in [-0.2, 0) is 0 Å². The zero-order valence-corrected chi connectivity index (χ0v) is 24.2. The van der Waals surface area contributed by atoms with E-state index in [0.29, 0.717) is 0 Å². The normalized spacial score (nSPS) is 11.4. The van der Waals surface area contributed by atoms with Crippen LogP contribution in [0.25, 0.3) is 77.3 Å². The zero-order chi connectivity index (χ0) is 29.6. The molecule has 0 aliphatic heterocycles. The Balaban J connectivity index is 1.18. The van der Waals surface area contributed by atoms with Crippen LogP contribution in [0.3, 0.4) is 0 Å². The third-order valence-electron chi connectivity index (χ3n) is 8.13. The first-order valence-electron chi connectivity index (χ1n) is 14.4. The van der Waals surface area contributed by atoms with Crippen molar-refractivity contribution in [3.63, 3.8) is 0 Å². The Morgan fingerprint density at radius 2 is 0.773 bits per heavy atom. The van der Waals surface area contributed by atoms with E-state index in [2.05, 4.69) is 48.5 Å². The predicted octanol–water partition coefficient (Wildman–Crippen LogP) is 8.90. The minimum atomic E-state index is 0.820. The van der Waals surface area contributed by atoms with Crippen molar-refractivity contribution in [3.05, 3.63) is 122 Å². The molecule has 0 unspecified atom stereocenters. The van der Waals surface area contributed by atoms with E-state index in [1.54, 1.807) is 14.2 Å². The number of aromatic nitrogens is 4. The summed E-state index contributed by atoms with van der Waals surface area (Å²) in [6.45, 7) is 0. The first-order valence-corrected chi connectivity index (χ1v) is 14.4. The van der Waals surface area contributed by atoms with Gasteiger partial charge >= 0.3 is 0 Å². The highest BCUT2D eigenvalue weighted by atomic mass is 16.5. The number of hydrogen-bond donors (Lipinski definition) is 0. The molecule has 0 saturated carbocycles. The van der Waals surface area contributed by atoms with Gasteiger partial charge in [-0.05, 0) is 72.8 Å². The lowest BCUT2D eigenvalue weighted by Crippen LogP contribution is -1.92. The summed E-state index contributed by atoms with van der Waals surface area (Å²) >= 11 is 0. The first-order chi connectivity index (χ1) is 21.7. The summed E-state index contributed by atoms with van der Waals surface area (Å²) in [5.41, 5.74) is 9.35. The highest BCUT2D eigenvalue weighted by molar-refractivity contribution is 6.06. The van der Waals surface area contributed by atoms with E-state index in [4.69, 9.17) is 29.4 Å². The van der Waals surface area contributed by atoms with E-state index in [1.807, 2.05) is 73.1 Å². The fraction of sp³-hybridized carbons (Fsp3) is 0.0526. The molecule has 0 radical (unpaired) electrons. The topological polar surface area (TPSA) is 70.0 Å². The van der Waals surface area contributed by atoms with E-state index in [-0.39, 0.29) is 0 Å². The van der Waals surface area contributed by atoms with Crippen LogP contribution >= 0.6 is 0 Å². The van der Waals surface area contributed by atoms with Crippen LogP contribution in [0.5, 0.6) is 11.5 Å². The lowest BCUT2D eigenvalue weighted by molar-refractivity contribution is 0.415. The molecule has 0 saturated heterocycles. The van der Waals surface area contributed by atoms with Crippen molar-refractivity contribution < 1.29 is 9.47 Å². The molecule has 0 atom stereocenters. The van der Waals surface area contributed by atoms with Crippen LogP contribution in [-0.4, -0.2) is 34.2 Å². The maximum atomic E-state index is 5.31. The van der Waals surface area contributed by atoms with Crippen molar-refractivity contribution in [1.82, 2.24) is 19.9 Å². The number of nitrogens with zero attached hydrogens (tertiary/aromatic N) is 4. The Kier molecular flexibility index (Phi) is 6.12. The van der Waals surface area contributed by atoms with Gasteiger partial charge in [-0.3, -0.25) is 9.97 Å². The van der Waals surface area contributed by atoms with Crippen molar-refractivity contribution in [1.29, 1.82) is 0 Å². The average molecular weight is 571 g/mol. The van der Waals surface area contributed by atoms with Crippen molar-refractivity contribution in [2.75, 3.05) is 14.2 Å². The van der Waals surface area contributed by atoms with E-state index < -0.39 is 0 Å². The lowest BCUT2D eigenvalue weighted by Gasteiger charge is -2.10. The Labute approximate surface area is 253 Å². The van der Waals surface area contributed by atoms with Gasteiger partial charge in [0.25, 0.3) is 0 Å². The highest BCUT2D eigenvalue weighted by Gasteiger charge is 2.11. The summed E-state index contributed by atoms with van der Waals surface area (Å²) in [5, 5.41) is 4.16. The van der Waals surface area contributed by atoms with Gasteiger partial charge in [-0.1, -0.05) is 36.4 Å². The van der Waals surface area contributed by atoms with Gasteiger partial charge in [0, 0.05) is 56.2 Å². The summed E-state index contributed by atoms with van der Waals surface area (Å²) in [6.07, 6.45) is 3.82. The van der Waals surface area contributed by atoms with Crippen molar-refractivity contribution >= 4 is 43.6 Å². The van der Waals surface area contributed by atoms with E-state index in [9.17, 15) is 0 Å². The molecule has 0 aliphatic rings. The smallest absolute Gasteiger partial charge is 0.118 e. The van der Waals surface area contributed by atoms with Gasteiger partial charge in [0.1, 0.15) is 11.5 Å². The van der Waals surface area contributed by atoms with Crippen LogP contribution < -0.4 is 9.47 Å². The molecule has 4 aromatic carbocycles. The molecule has 210 valence electrons. The van der Waals surface area contributed by atoms with Gasteiger partial charge in [-0.2, -0.15) is 0 Å². The van der Waals surface area contributed by atoms with E-state index in [1.165, 1.54) is 0 Å². The van der Waals surface area contributed by atoms with Crippen molar-refractivity contribution in [2.45, 2.75) is 0 Å². The third kappa shape index (κ3) is 4.44. The molecule has 0 spiro atoms. The molecular weight excluding hydrogens is 544 g/mol. The minimum Gasteiger partial charge on any atom is -0.497 e. The molecule has 44 heavy (non-hydrogen) atoms. The standard InChI is InChI=1S/C38H26N4O2/c1-43-31-13-7-23(8-14-31)33-17-11-25-3-5-27-19-29(21-39-35(27)37(25)41-33)30-20-28-6-4-26-12-18-34(42-38(26)36(28)40-22-30)24-9-15-32(44-2)16-10-24/h3-22H,1-2H3. The van der Waals surface area contributed by atoms with Crippen LogP contribution in [0.2, 0.25) is 0 Å². The summed E-state index contributed by atoms with van der Waals surface area (Å²) in [6, 6.07) is 36.9. The molecule has 8 aromatic rings. The Hall–Kier alpha value is -5.88. The van der Waals surface area contributed by atoms with Crippen molar-refractivity contribution in [3.8, 4) is 45.1 Å². The Bertz CT molecular complexity index is 2180. The molecule has 0 bridgehead atoms. The minimum absolute atomic E-state index is 0.820. The Morgan fingerprint density at radius 3 is 1.18 bits per heavy atom. The summed E-state index contributed by atoms with van der Waals surface area (Å²) in [5.74, 6) is 1.64. The maximum absolute atomic E-state index is 5.31. The number of rotatable bonds is 5. The number of methoxy groups -OCH3 is 2. The van der Waals surface area contributed by atoms with Crippen molar-refractivity contribution in [2.24, 2.45) is 0 Å². The molecule has 6 heteroatoms. The SMILES string of the molecule is COc1ccc(-c2ccc3ccc4cc(-c5cnc6c(ccc7ccc(-c8ccc(OC)cc8)nc76)c5)cnc4c3n2)cc1. The summed E-state index contributed by atoms with van der Waals surface area (Å²) in [4.78, 5) is 19.8. The third-order valence-corrected chi connectivity index (χ3v) is 8.13. The van der Waals surface area contributed by atoms with Crippen LogP contribution in [0.4, 0.5) is 0 Å². The molecule has 6 nitrogen and oxygen atoms in total. The number of fused-ring (bicyclic) bond motifs is 6. The maximum Gasteiger partial charge on any atom is 0.118 e. The molecule has 8 rings (SSSR count). The second kappa shape index (κ2) is 10.4. The summed E-state index contributed by atoms with van der Waals surface area (Å²) in [7, 11) is 3.34. The second-order valence-electron chi connectivity index (χ2n) is 10.7. The van der Waals surface area contributed by atoms with Crippen LogP contribution in [0.1, 0.15) is 0 Å². The average Bonchev–Trinajstić information content (AvgIpc) is 3.10. The predicted molar refractivity (Wildman–Crippen MR) is 177 cm³/mol. The quantitative estimate of drug-likeness (QED) is 0.193. The van der Waals surface area contributed by atoms with E-state index >= 15 is 0 Å². The van der Waals surface area contributed by atoms with Gasteiger partial charge in [-0.15, -0.1) is 0 Å². The molecule has 0 amide bonds. The molecule has 0 aliphatic carbocycles. The molecule has 0 N–H and O–H groups in total. The first kappa shape index (κ1) is 25.8. The van der Waals surface area contributed by atoms with Gasteiger partial charge in [0.2, 0.25) is 0 Å². The number of benzene rings is 4.